The highest BCUT2D eigenvalue weighted by molar-refractivity contribution is 6.30. The quantitative estimate of drug-likeness (QED) is 0.124. The van der Waals surface area contributed by atoms with Gasteiger partial charge in [0.15, 0.2) is 11.5 Å². The number of nitro benzene ring substituents is 2. The van der Waals surface area contributed by atoms with Gasteiger partial charge in [0.05, 0.1) is 29.2 Å². The molecule has 0 aromatic heterocycles. The molecule has 0 fully saturated rings. The zero-order chi connectivity index (χ0) is 29.4. The number of halogens is 1. The number of methoxy groups -OCH3 is 1. The van der Waals surface area contributed by atoms with E-state index in [4.69, 9.17) is 25.8 Å². The lowest BCUT2D eigenvalue weighted by Crippen LogP contribution is -2.17. The van der Waals surface area contributed by atoms with Gasteiger partial charge in [-0.15, -0.1) is 0 Å². The summed E-state index contributed by atoms with van der Waals surface area (Å²) in [7, 11) is 1.46. The average molecular weight is 577 g/mol. The van der Waals surface area contributed by atoms with Gasteiger partial charge < -0.3 is 14.2 Å². The number of hydrogen-bond donors (Lipinski definition) is 1. The highest BCUT2D eigenvalue weighted by atomic mass is 35.5. The Hall–Kier alpha value is -5.49. The number of amides is 1. The largest absolute Gasteiger partial charge is 0.493 e. The van der Waals surface area contributed by atoms with Crippen molar-refractivity contribution in [1.82, 2.24) is 5.43 Å². The summed E-state index contributed by atoms with van der Waals surface area (Å²) in [4.78, 5) is 33.7. The maximum atomic E-state index is 12.7. The minimum atomic E-state index is -0.793. The molecule has 4 aromatic rings. The summed E-state index contributed by atoms with van der Waals surface area (Å²) >= 11 is 6.09. The van der Waals surface area contributed by atoms with Gasteiger partial charge in [-0.25, -0.2) is 5.43 Å². The predicted molar refractivity (Wildman–Crippen MR) is 150 cm³/mol. The second kappa shape index (κ2) is 13.0. The molecule has 0 aliphatic heterocycles. The lowest BCUT2D eigenvalue weighted by atomic mass is 10.2. The Morgan fingerprint density at radius 2 is 1.63 bits per heavy atom. The van der Waals surface area contributed by atoms with Gasteiger partial charge in [-0.05, 0) is 48.0 Å². The fourth-order valence-electron chi connectivity index (χ4n) is 3.57. The molecule has 0 saturated heterocycles. The van der Waals surface area contributed by atoms with Gasteiger partial charge in [0, 0.05) is 22.2 Å². The van der Waals surface area contributed by atoms with E-state index in [2.05, 4.69) is 10.5 Å². The van der Waals surface area contributed by atoms with Crippen molar-refractivity contribution in [2.24, 2.45) is 5.10 Å². The van der Waals surface area contributed by atoms with Gasteiger partial charge in [0.2, 0.25) is 5.75 Å². The highest BCUT2D eigenvalue weighted by Gasteiger charge is 2.22. The van der Waals surface area contributed by atoms with E-state index in [1.165, 1.54) is 37.6 Å². The van der Waals surface area contributed by atoms with E-state index in [0.717, 1.165) is 23.8 Å². The molecule has 208 valence electrons. The number of ether oxygens (including phenoxy) is 3. The lowest BCUT2D eigenvalue weighted by molar-refractivity contribution is -0.394. The molecule has 1 N–H and O–H groups in total. The zero-order valence-electron chi connectivity index (χ0n) is 21.4. The molecule has 0 spiro atoms. The van der Waals surface area contributed by atoms with Crippen LogP contribution < -0.4 is 19.6 Å². The summed E-state index contributed by atoms with van der Waals surface area (Å²) in [6.45, 7) is 0.320. The highest BCUT2D eigenvalue weighted by Crippen LogP contribution is 2.36. The van der Waals surface area contributed by atoms with E-state index in [1.807, 2.05) is 30.3 Å². The number of non-ortho nitro benzene ring substituents is 1. The van der Waals surface area contributed by atoms with Crippen molar-refractivity contribution in [2.45, 2.75) is 6.61 Å². The second-order valence-electron chi connectivity index (χ2n) is 8.29. The van der Waals surface area contributed by atoms with Crippen LogP contribution in [0.2, 0.25) is 5.02 Å². The second-order valence-corrected chi connectivity index (χ2v) is 8.73. The van der Waals surface area contributed by atoms with Crippen molar-refractivity contribution in [1.29, 1.82) is 0 Å². The summed E-state index contributed by atoms with van der Waals surface area (Å²) < 4.78 is 16.9. The molecule has 41 heavy (non-hydrogen) atoms. The topological polar surface area (TPSA) is 155 Å². The molecule has 0 aliphatic carbocycles. The van der Waals surface area contributed by atoms with E-state index < -0.39 is 27.1 Å². The molecule has 0 unspecified atom stereocenters. The van der Waals surface area contributed by atoms with Gasteiger partial charge >= 0.3 is 5.69 Å². The molecule has 0 heterocycles. The first-order chi connectivity index (χ1) is 19.7. The van der Waals surface area contributed by atoms with Crippen LogP contribution in [0.1, 0.15) is 21.5 Å². The molecule has 13 heteroatoms. The van der Waals surface area contributed by atoms with Crippen LogP contribution in [0.4, 0.5) is 11.4 Å². The molecular weight excluding hydrogens is 556 g/mol. The fourth-order valence-corrected chi connectivity index (χ4v) is 3.75. The summed E-state index contributed by atoms with van der Waals surface area (Å²) in [5.74, 6) is 0.129. The van der Waals surface area contributed by atoms with Crippen LogP contribution in [-0.4, -0.2) is 29.1 Å². The first kappa shape index (κ1) is 28.5. The third-order valence-corrected chi connectivity index (χ3v) is 5.81. The SMILES string of the molecule is COc1cc(C(=O)N/N=C/c2cc(Cl)ccc2Oc2ccc([N+](=O)[O-])cc2[N+](=O)[O-])ccc1OCc1ccccc1. The monoisotopic (exact) mass is 576 g/mol. The van der Waals surface area contributed by atoms with Crippen LogP contribution in [-0.2, 0) is 6.61 Å². The molecule has 0 aliphatic rings. The molecule has 0 bridgehead atoms. The Morgan fingerprint density at radius 1 is 0.902 bits per heavy atom. The normalized spacial score (nSPS) is 10.7. The molecule has 0 atom stereocenters. The minimum Gasteiger partial charge on any atom is -0.493 e. The third-order valence-electron chi connectivity index (χ3n) is 5.57. The van der Waals surface area contributed by atoms with Crippen molar-refractivity contribution in [3.63, 3.8) is 0 Å². The van der Waals surface area contributed by atoms with Gasteiger partial charge in [0.25, 0.3) is 11.6 Å². The van der Waals surface area contributed by atoms with Gasteiger partial charge in [-0.2, -0.15) is 5.10 Å². The summed E-state index contributed by atoms with van der Waals surface area (Å²) in [5.41, 5.74) is 2.81. The Labute approximate surface area is 238 Å². The number of carbonyl (C=O) groups is 1. The third kappa shape index (κ3) is 7.34. The number of rotatable bonds is 11. The predicted octanol–water partition coefficient (Wildman–Crippen LogP) is 6.30. The molecule has 4 rings (SSSR count). The smallest absolute Gasteiger partial charge is 0.318 e. The molecular formula is C28H21ClN4O8. The number of hydrogen-bond acceptors (Lipinski definition) is 9. The summed E-state index contributed by atoms with van der Waals surface area (Å²) in [6.07, 6.45) is 1.24. The van der Waals surface area contributed by atoms with E-state index in [9.17, 15) is 25.0 Å². The van der Waals surface area contributed by atoms with E-state index >= 15 is 0 Å². The van der Waals surface area contributed by atoms with Crippen LogP contribution in [0.5, 0.6) is 23.0 Å². The van der Waals surface area contributed by atoms with Gasteiger partial charge in [-0.1, -0.05) is 41.9 Å². The average Bonchev–Trinajstić information content (AvgIpc) is 2.97. The maximum absolute atomic E-state index is 12.7. The van der Waals surface area contributed by atoms with Crippen LogP contribution in [0.25, 0.3) is 0 Å². The van der Waals surface area contributed by atoms with Crippen molar-refractivity contribution < 1.29 is 28.9 Å². The molecule has 1 amide bonds. The molecule has 0 saturated carbocycles. The van der Waals surface area contributed by atoms with Crippen LogP contribution in [0.3, 0.4) is 0 Å². The number of hydrazone groups is 1. The van der Waals surface area contributed by atoms with Crippen molar-refractivity contribution in [2.75, 3.05) is 7.11 Å². The fraction of sp³-hybridized carbons (Fsp3) is 0.0714. The number of nitrogens with one attached hydrogen (secondary N) is 1. The van der Waals surface area contributed by atoms with Crippen molar-refractivity contribution in [3.8, 4) is 23.0 Å². The first-order valence-electron chi connectivity index (χ1n) is 11.8. The molecule has 0 radical (unpaired) electrons. The van der Waals surface area contributed by atoms with Crippen molar-refractivity contribution >= 4 is 35.1 Å². The standard InChI is InChI=1S/C28H21ClN4O8/c1-39-27-14-19(7-10-26(27)40-17-18-5-3-2-4-6-18)28(34)31-30-16-20-13-21(29)8-11-24(20)41-25-12-9-22(32(35)36)15-23(25)33(37)38/h2-16H,17H2,1H3,(H,31,34)/b30-16+. The van der Waals surface area contributed by atoms with E-state index in [-0.39, 0.29) is 22.6 Å². The van der Waals surface area contributed by atoms with E-state index in [1.54, 1.807) is 12.1 Å². The zero-order valence-corrected chi connectivity index (χ0v) is 22.1. The summed E-state index contributed by atoms with van der Waals surface area (Å²) in [5, 5.41) is 26.7. The Kier molecular flexibility index (Phi) is 9.07. The van der Waals surface area contributed by atoms with Crippen LogP contribution in [0.15, 0.2) is 90.0 Å². The summed E-state index contributed by atoms with van der Waals surface area (Å²) in [6, 6.07) is 21.6. The minimum absolute atomic E-state index is 0.103. The Balaban J connectivity index is 1.48. The number of carbonyl (C=O) groups excluding carboxylic acids is 1. The number of nitro groups is 2. The Morgan fingerprint density at radius 3 is 2.34 bits per heavy atom. The molecule has 4 aromatic carbocycles. The number of benzene rings is 4. The van der Waals surface area contributed by atoms with E-state index in [0.29, 0.717) is 23.1 Å². The van der Waals surface area contributed by atoms with Gasteiger partial charge in [-0.3, -0.25) is 25.0 Å². The maximum Gasteiger partial charge on any atom is 0.318 e. The first-order valence-corrected chi connectivity index (χ1v) is 12.2. The lowest BCUT2D eigenvalue weighted by Gasteiger charge is -2.12. The Bertz CT molecular complexity index is 1630. The number of nitrogens with zero attached hydrogens (tertiary/aromatic N) is 3. The van der Waals surface area contributed by atoms with Crippen molar-refractivity contribution in [3.05, 3.63) is 127 Å². The molecule has 12 nitrogen and oxygen atoms in total. The van der Waals surface area contributed by atoms with Gasteiger partial charge in [0.1, 0.15) is 12.4 Å². The van der Waals surface area contributed by atoms with Crippen LogP contribution in [0, 0.1) is 20.2 Å². The van der Waals surface area contributed by atoms with Crippen LogP contribution >= 0.6 is 11.6 Å².